The van der Waals surface area contributed by atoms with E-state index < -0.39 is 5.95 Å². The van der Waals surface area contributed by atoms with E-state index in [0.29, 0.717) is 23.1 Å². The van der Waals surface area contributed by atoms with Crippen molar-refractivity contribution in [3.05, 3.63) is 77.9 Å². The first-order chi connectivity index (χ1) is 14.4. The minimum absolute atomic E-state index is 0.0135. The number of hydrogen-bond donors (Lipinski definition) is 1. The Morgan fingerprint density at radius 3 is 2.47 bits per heavy atom. The van der Waals surface area contributed by atoms with E-state index in [1.807, 2.05) is 24.3 Å². The van der Waals surface area contributed by atoms with Crippen LogP contribution in [0.2, 0.25) is 0 Å². The van der Waals surface area contributed by atoms with E-state index in [-0.39, 0.29) is 30.3 Å². The van der Waals surface area contributed by atoms with E-state index in [0.717, 1.165) is 11.3 Å². The van der Waals surface area contributed by atoms with Crippen molar-refractivity contribution in [3.8, 4) is 16.9 Å². The van der Waals surface area contributed by atoms with Crippen molar-refractivity contribution in [3.63, 3.8) is 0 Å². The number of hydrogen-bond acceptors (Lipinski definition) is 4. The molecule has 6 heteroatoms. The van der Waals surface area contributed by atoms with Crippen LogP contribution in [0.4, 0.5) is 10.1 Å². The molecule has 0 aliphatic carbocycles. The molecule has 5 nitrogen and oxygen atoms in total. The summed E-state index contributed by atoms with van der Waals surface area (Å²) >= 11 is 0. The maximum atomic E-state index is 13.6. The second kappa shape index (κ2) is 9.31. The van der Waals surface area contributed by atoms with Gasteiger partial charge in [-0.3, -0.25) is 9.59 Å². The molecule has 0 bridgehead atoms. The molecular weight excluding hydrogens is 383 g/mol. The predicted octanol–water partition coefficient (Wildman–Crippen LogP) is 4.78. The summed E-state index contributed by atoms with van der Waals surface area (Å²) in [7, 11) is 1.72. The molecule has 154 valence electrons. The lowest BCUT2D eigenvalue weighted by Gasteiger charge is -2.17. The van der Waals surface area contributed by atoms with Crippen molar-refractivity contribution < 1.29 is 19.1 Å². The summed E-state index contributed by atoms with van der Waals surface area (Å²) in [6.45, 7) is 1.81. The first kappa shape index (κ1) is 21.2. The van der Waals surface area contributed by atoms with E-state index in [2.05, 4.69) is 4.98 Å². The summed E-state index contributed by atoms with van der Waals surface area (Å²) in [4.78, 5) is 29.4. The Balaban J connectivity index is 1.72. The lowest BCUT2D eigenvalue weighted by Crippen LogP contribution is -2.24. The molecule has 0 aliphatic heterocycles. The number of benzene rings is 2. The number of aryl methyl sites for hydroxylation is 1. The number of aromatic nitrogens is 1. The molecule has 0 saturated carbocycles. The van der Waals surface area contributed by atoms with Gasteiger partial charge in [-0.1, -0.05) is 31.2 Å². The van der Waals surface area contributed by atoms with E-state index in [1.54, 1.807) is 43.1 Å². The molecular formula is C24H23FN2O3. The normalized spacial score (nSPS) is 10.6. The fourth-order valence-corrected chi connectivity index (χ4v) is 3.19. The monoisotopic (exact) mass is 406 g/mol. The van der Waals surface area contributed by atoms with E-state index in [4.69, 9.17) is 0 Å². The highest BCUT2D eigenvalue weighted by atomic mass is 19.1. The van der Waals surface area contributed by atoms with Crippen LogP contribution < -0.4 is 4.90 Å². The minimum atomic E-state index is -0.571. The van der Waals surface area contributed by atoms with Crippen LogP contribution in [-0.4, -0.2) is 28.8 Å². The molecule has 0 unspecified atom stereocenters. The summed E-state index contributed by atoms with van der Waals surface area (Å²) in [5.74, 6) is -0.757. The number of phenols is 1. The number of halogens is 1. The summed E-state index contributed by atoms with van der Waals surface area (Å²) < 4.78 is 13.6. The maximum absolute atomic E-state index is 13.6. The number of Topliss-reactive ketones (excluding diaryl/α,β-unsaturated/α-hetero) is 1. The number of nitrogens with zero attached hydrogens (tertiary/aromatic N) is 2. The number of ketones is 1. The number of carbonyl (C=O) groups is 2. The zero-order valence-electron chi connectivity index (χ0n) is 16.9. The topological polar surface area (TPSA) is 70.5 Å². The SMILES string of the molecule is CCC(=O)N(C)c1ccc(-c2ccc(C(=O)CCc3cccnc3F)cc2O)cc1. The first-order valence-corrected chi connectivity index (χ1v) is 9.73. The largest absolute Gasteiger partial charge is 0.507 e. The number of phenolic OH excluding ortho intramolecular Hbond substituents is 1. The van der Waals surface area contributed by atoms with Gasteiger partial charge in [-0.05, 0) is 42.3 Å². The smallest absolute Gasteiger partial charge is 0.226 e. The maximum Gasteiger partial charge on any atom is 0.226 e. The highest BCUT2D eigenvalue weighted by Crippen LogP contribution is 2.31. The molecule has 0 saturated heterocycles. The van der Waals surface area contributed by atoms with Crippen LogP contribution in [0.1, 0.15) is 35.7 Å². The standard InChI is InChI=1S/C24H23FN2O3/c1-3-23(30)27(2)19-10-6-16(7-11-19)20-12-8-18(15-22(20)29)21(28)13-9-17-5-4-14-26-24(17)25/h4-8,10-12,14-15,29H,3,9,13H2,1-2H3. The third-order valence-corrected chi connectivity index (χ3v) is 5.02. The fraction of sp³-hybridized carbons (Fsp3) is 0.208. The molecule has 2 aromatic carbocycles. The van der Waals surface area contributed by atoms with Crippen molar-refractivity contribution in [2.45, 2.75) is 26.2 Å². The van der Waals surface area contributed by atoms with Crippen molar-refractivity contribution >= 4 is 17.4 Å². The van der Waals surface area contributed by atoms with Gasteiger partial charge in [-0.15, -0.1) is 0 Å². The molecule has 0 fully saturated rings. The molecule has 30 heavy (non-hydrogen) atoms. The lowest BCUT2D eigenvalue weighted by molar-refractivity contribution is -0.118. The van der Waals surface area contributed by atoms with Gasteiger partial charge in [0.1, 0.15) is 5.75 Å². The Kier molecular flexibility index (Phi) is 6.57. The van der Waals surface area contributed by atoms with Crippen LogP contribution >= 0.6 is 0 Å². The van der Waals surface area contributed by atoms with Crippen molar-refractivity contribution in [2.24, 2.45) is 0 Å². The molecule has 1 heterocycles. The zero-order valence-corrected chi connectivity index (χ0v) is 16.9. The number of amides is 1. The summed E-state index contributed by atoms with van der Waals surface area (Å²) in [5, 5.41) is 10.4. The van der Waals surface area contributed by atoms with Gasteiger partial charge in [0.05, 0.1) is 0 Å². The number of rotatable bonds is 7. The fourth-order valence-electron chi connectivity index (χ4n) is 3.19. The third-order valence-electron chi connectivity index (χ3n) is 5.02. The highest BCUT2D eigenvalue weighted by Gasteiger charge is 2.13. The van der Waals surface area contributed by atoms with Gasteiger partial charge in [-0.25, -0.2) is 4.98 Å². The first-order valence-electron chi connectivity index (χ1n) is 9.73. The van der Waals surface area contributed by atoms with E-state index in [9.17, 15) is 19.1 Å². The van der Waals surface area contributed by atoms with Crippen molar-refractivity contribution in [1.82, 2.24) is 4.98 Å². The average Bonchev–Trinajstić information content (AvgIpc) is 2.77. The van der Waals surface area contributed by atoms with Crippen molar-refractivity contribution in [1.29, 1.82) is 0 Å². The molecule has 1 amide bonds. The lowest BCUT2D eigenvalue weighted by atomic mass is 9.98. The second-order valence-corrected chi connectivity index (χ2v) is 6.96. The van der Waals surface area contributed by atoms with Gasteiger partial charge in [0.2, 0.25) is 11.9 Å². The van der Waals surface area contributed by atoms with Crippen LogP contribution in [-0.2, 0) is 11.2 Å². The Labute approximate surface area is 174 Å². The minimum Gasteiger partial charge on any atom is -0.507 e. The van der Waals surface area contributed by atoms with Gasteiger partial charge < -0.3 is 10.0 Å². The van der Waals surface area contributed by atoms with Gasteiger partial charge in [0.15, 0.2) is 5.78 Å². The van der Waals surface area contributed by atoms with Crippen LogP contribution in [0.15, 0.2) is 60.8 Å². The Bertz CT molecular complexity index is 1060. The quantitative estimate of drug-likeness (QED) is 0.453. The van der Waals surface area contributed by atoms with Gasteiger partial charge >= 0.3 is 0 Å². The molecule has 0 radical (unpaired) electrons. The number of carbonyl (C=O) groups excluding carboxylic acids is 2. The number of aromatic hydroxyl groups is 1. The Morgan fingerprint density at radius 2 is 1.83 bits per heavy atom. The summed E-state index contributed by atoms with van der Waals surface area (Å²) in [6, 6.07) is 15.2. The van der Waals surface area contributed by atoms with E-state index >= 15 is 0 Å². The number of pyridine rings is 1. The predicted molar refractivity (Wildman–Crippen MR) is 114 cm³/mol. The molecule has 0 spiro atoms. The molecule has 3 rings (SSSR count). The van der Waals surface area contributed by atoms with E-state index in [1.165, 1.54) is 12.3 Å². The van der Waals surface area contributed by atoms with Gasteiger partial charge in [0, 0.05) is 48.5 Å². The number of anilines is 1. The van der Waals surface area contributed by atoms with Crippen LogP contribution in [0.25, 0.3) is 11.1 Å². The summed E-state index contributed by atoms with van der Waals surface area (Å²) in [6.07, 6.45) is 2.14. The van der Waals surface area contributed by atoms with Crippen LogP contribution in [0.3, 0.4) is 0 Å². The zero-order chi connectivity index (χ0) is 21.7. The Morgan fingerprint density at radius 1 is 1.10 bits per heavy atom. The molecule has 0 aliphatic rings. The molecule has 0 atom stereocenters. The average molecular weight is 406 g/mol. The molecule has 3 aromatic rings. The molecule has 1 N–H and O–H groups in total. The van der Waals surface area contributed by atoms with Crippen LogP contribution in [0, 0.1) is 5.95 Å². The highest BCUT2D eigenvalue weighted by molar-refractivity contribution is 5.97. The van der Waals surface area contributed by atoms with Crippen molar-refractivity contribution in [2.75, 3.05) is 11.9 Å². The second-order valence-electron chi connectivity index (χ2n) is 6.96. The van der Waals surface area contributed by atoms with Gasteiger partial charge in [0.25, 0.3) is 0 Å². The third kappa shape index (κ3) is 4.71. The molecule has 1 aromatic heterocycles. The Hall–Kier alpha value is -3.54. The van der Waals surface area contributed by atoms with Crippen LogP contribution in [0.5, 0.6) is 5.75 Å². The van der Waals surface area contributed by atoms with Gasteiger partial charge in [-0.2, -0.15) is 4.39 Å². The summed E-state index contributed by atoms with van der Waals surface area (Å²) in [5.41, 5.74) is 2.87.